The lowest BCUT2D eigenvalue weighted by molar-refractivity contribution is 0.400. The van der Waals surface area contributed by atoms with Gasteiger partial charge in [-0.1, -0.05) is 12.1 Å². The van der Waals surface area contributed by atoms with Gasteiger partial charge in [-0.05, 0) is 70.8 Å². The van der Waals surface area contributed by atoms with E-state index in [0.717, 1.165) is 47.9 Å². The number of aromatic nitrogens is 2. The molecule has 0 bridgehead atoms. The molecule has 0 radical (unpaired) electrons. The number of rotatable bonds is 8. The SMILES string of the molecule is COc1cccc(Cn2nc(C)c(NC(=S)NCCCN(C)C)c2C)c1. The normalized spacial score (nSPS) is 10.8. The summed E-state index contributed by atoms with van der Waals surface area (Å²) in [6.07, 6.45) is 1.04. The Balaban J connectivity index is 1.99. The van der Waals surface area contributed by atoms with Crippen LogP contribution in [0.2, 0.25) is 0 Å². The summed E-state index contributed by atoms with van der Waals surface area (Å²) in [5, 5.41) is 11.8. The third-order valence-corrected chi connectivity index (χ3v) is 4.40. The molecule has 2 aromatic rings. The summed E-state index contributed by atoms with van der Waals surface area (Å²) >= 11 is 5.42. The minimum atomic E-state index is 0.635. The molecule has 0 saturated carbocycles. The molecular formula is C19H29N5OS. The first-order valence-electron chi connectivity index (χ1n) is 8.77. The predicted molar refractivity (Wildman–Crippen MR) is 111 cm³/mol. The number of nitrogens with zero attached hydrogens (tertiary/aromatic N) is 3. The van der Waals surface area contributed by atoms with Gasteiger partial charge in [0.25, 0.3) is 0 Å². The van der Waals surface area contributed by atoms with Crippen LogP contribution in [-0.4, -0.2) is 54.1 Å². The van der Waals surface area contributed by atoms with Crippen molar-refractivity contribution in [2.24, 2.45) is 0 Å². The Morgan fingerprint density at radius 2 is 2.08 bits per heavy atom. The zero-order valence-corrected chi connectivity index (χ0v) is 17.1. The van der Waals surface area contributed by atoms with Gasteiger partial charge in [0.15, 0.2) is 5.11 Å². The lowest BCUT2D eigenvalue weighted by Crippen LogP contribution is -2.31. The molecular weight excluding hydrogens is 346 g/mol. The van der Waals surface area contributed by atoms with Crippen LogP contribution in [0, 0.1) is 13.8 Å². The molecule has 0 amide bonds. The van der Waals surface area contributed by atoms with Gasteiger partial charge < -0.3 is 20.3 Å². The maximum atomic E-state index is 5.42. The molecule has 0 atom stereocenters. The van der Waals surface area contributed by atoms with Crippen molar-refractivity contribution in [3.63, 3.8) is 0 Å². The van der Waals surface area contributed by atoms with Gasteiger partial charge in [0.1, 0.15) is 5.75 Å². The van der Waals surface area contributed by atoms with Gasteiger partial charge in [0.05, 0.1) is 30.7 Å². The van der Waals surface area contributed by atoms with Crippen molar-refractivity contribution in [1.29, 1.82) is 0 Å². The van der Waals surface area contributed by atoms with Crippen LogP contribution in [-0.2, 0) is 6.54 Å². The topological polar surface area (TPSA) is 54.4 Å². The molecule has 1 aromatic heterocycles. The summed E-state index contributed by atoms with van der Waals surface area (Å²) in [5.41, 5.74) is 4.11. The summed E-state index contributed by atoms with van der Waals surface area (Å²) in [7, 11) is 5.82. The quantitative estimate of drug-likeness (QED) is 0.547. The second-order valence-corrected chi connectivity index (χ2v) is 7.00. The molecule has 6 nitrogen and oxygen atoms in total. The third-order valence-electron chi connectivity index (χ3n) is 4.15. The summed E-state index contributed by atoms with van der Waals surface area (Å²) in [6, 6.07) is 8.04. The fourth-order valence-corrected chi connectivity index (χ4v) is 2.93. The highest BCUT2D eigenvalue weighted by atomic mass is 32.1. The van der Waals surface area contributed by atoms with Gasteiger partial charge in [-0.2, -0.15) is 5.10 Å². The number of hydrogen-bond acceptors (Lipinski definition) is 4. The maximum absolute atomic E-state index is 5.42. The lowest BCUT2D eigenvalue weighted by atomic mass is 10.2. The highest BCUT2D eigenvalue weighted by Gasteiger charge is 2.13. The van der Waals surface area contributed by atoms with E-state index in [-0.39, 0.29) is 0 Å². The second kappa shape index (κ2) is 9.54. The van der Waals surface area contributed by atoms with E-state index in [1.165, 1.54) is 0 Å². The van der Waals surface area contributed by atoms with Gasteiger partial charge >= 0.3 is 0 Å². The number of thiocarbonyl (C=S) groups is 1. The van der Waals surface area contributed by atoms with Crippen LogP contribution in [0.4, 0.5) is 5.69 Å². The van der Waals surface area contributed by atoms with E-state index in [4.69, 9.17) is 17.0 Å². The third kappa shape index (κ3) is 5.71. The molecule has 142 valence electrons. The van der Waals surface area contributed by atoms with E-state index in [2.05, 4.69) is 47.7 Å². The smallest absolute Gasteiger partial charge is 0.170 e. The molecule has 0 aliphatic carbocycles. The Morgan fingerprint density at radius 3 is 2.77 bits per heavy atom. The molecule has 0 unspecified atom stereocenters. The fraction of sp³-hybridized carbons (Fsp3) is 0.474. The molecule has 0 aliphatic rings. The zero-order valence-electron chi connectivity index (χ0n) is 16.3. The number of nitrogens with one attached hydrogen (secondary N) is 2. The molecule has 1 heterocycles. The van der Waals surface area contributed by atoms with Crippen molar-refractivity contribution in [1.82, 2.24) is 20.0 Å². The van der Waals surface area contributed by atoms with E-state index in [9.17, 15) is 0 Å². The van der Waals surface area contributed by atoms with Crippen LogP contribution in [0.5, 0.6) is 5.75 Å². The largest absolute Gasteiger partial charge is 0.497 e. The van der Waals surface area contributed by atoms with Crippen LogP contribution < -0.4 is 15.4 Å². The first-order chi connectivity index (χ1) is 12.4. The molecule has 7 heteroatoms. The highest BCUT2D eigenvalue weighted by Crippen LogP contribution is 2.21. The van der Waals surface area contributed by atoms with Crippen molar-refractivity contribution >= 4 is 23.0 Å². The highest BCUT2D eigenvalue weighted by molar-refractivity contribution is 7.80. The maximum Gasteiger partial charge on any atom is 0.170 e. The molecule has 2 rings (SSSR count). The summed E-state index contributed by atoms with van der Waals surface area (Å²) in [6.45, 7) is 6.62. The van der Waals surface area contributed by atoms with Crippen LogP contribution >= 0.6 is 12.2 Å². The van der Waals surface area contributed by atoms with Gasteiger partial charge in [-0.15, -0.1) is 0 Å². The minimum absolute atomic E-state index is 0.635. The Bertz CT molecular complexity index is 742. The average Bonchev–Trinajstić information content (AvgIpc) is 2.86. The van der Waals surface area contributed by atoms with E-state index in [0.29, 0.717) is 11.7 Å². The summed E-state index contributed by atoms with van der Waals surface area (Å²) < 4.78 is 7.28. The average molecular weight is 376 g/mol. The van der Waals surface area contributed by atoms with Crippen molar-refractivity contribution in [3.05, 3.63) is 41.2 Å². The number of methoxy groups -OCH3 is 1. The fourth-order valence-electron chi connectivity index (χ4n) is 2.73. The lowest BCUT2D eigenvalue weighted by Gasteiger charge is -2.13. The molecule has 0 aliphatic heterocycles. The summed E-state index contributed by atoms with van der Waals surface area (Å²) in [4.78, 5) is 2.16. The Labute approximate surface area is 161 Å². The van der Waals surface area contributed by atoms with Crippen LogP contribution in [0.1, 0.15) is 23.4 Å². The molecule has 2 N–H and O–H groups in total. The monoisotopic (exact) mass is 375 g/mol. The number of anilines is 1. The zero-order chi connectivity index (χ0) is 19.1. The van der Waals surface area contributed by atoms with Gasteiger partial charge in [-0.25, -0.2) is 0 Å². The number of benzene rings is 1. The Morgan fingerprint density at radius 1 is 1.31 bits per heavy atom. The van der Waals surface area contributed by atoms with E-state index < -0.39 is 0 Å². The molecule has 26 heavy (non-hydrogen) atoms. The number of hydrogen-bond donors (Lipinski definition) is 2. The van der Waals surface area contributed by atoms with E-state index >= 15 is 0 Å². The van der Waals surface area contributed by atoms with Crippen LogP contribution in [0.15, 0.2) is 24.3 Å². The van der Waals surface area contributed by atoms with Crippen LogP contribution in [0.25, 0.3) is 0 Å². The molecule has 1 aromatic carbocycles. The van der Waals surface area contributed by atoms with Crippen molar-refractivity contribution in [2.45, 2.75) is 26.8 Å². The predicted octanol–water partition coefficient (Wildman–Crippen LogP) is 2.79. The summed E-state index contributed by atoms with van der Waals surface area (Å²) in [5.74, 6) is 0.852. The molecule has 0 spiro atoms. The van der Waals surface area contributed by atoms with Crippen molar-refractivity contribution < 1.29 is 4.74 Å². The van der Waals surface area contributed by atoms with Crippen LogP contribution in [0.3, 0.4) is 0 Å². The first kappa shape index (κ1) is 20.2. The molecule has 0 fully saturated rings. The van der Waals surface area contributed by atoms with Gasteiger partial charge in [0.2, 0.25) is 0 Å². The standard InChI is InChI=1S/C19H29N5OS/c1-14-18(21-19(26)20-10-7-11-23(3)4)15(2)24(22-14)13-16-8-6-9-17(12-16)25-5/h6,8-9,12H,7,10-11,13H2,1-5H3,(H2,20,21,26). The van der Waals surface area contributed by atoms with Crippen molar-refractivity contribution in [2.75, 3.05) is 39.6 Å². The van der Waals surface area contributed by atoms with Crippen molar-refractivity contribution in [3.8, 4) is 5.75 Å². The Hall–Kier alpha value is -2.12. The number of aryl methyl sites for hydroxylation is 1. The minimum Gasteiger partial charge on any atom is -0.497 e. The molecule has 0 saturated heterocycles. The van der Waals surface area contributed by atoms with Gasteiger partial charge in [-0.3, -0.25) is 4.68 Å². The number of ether oxygens (including phenoxy) is 1. The second-order valence-electron chi connectivity index (χ2n) is 6.59. The van der Waals surface area contributed by atoms with E-state index in [1.54, 1.807) is 7.11 Å². The van der Waals surface area contributed by atoms with Gasteiger partial charge in [0, 0.05) is 6.54 Å². The van der Waals surface area contributed by atoms with E-state index in [1.807, 2.05) is 29.8 Å². The first-order valence-corrected chi connectivity index (χ1v) is 9.18. The Kier molecular flexibility index (Phi) is 7.41.